The van der Waals surface area contributed by atoms with E-state index in [1.807, 2.05) is 35.8 Å². The van der Waals surface area contributed by atoms with Gasteiger partial charge in [0.1, 0.15) is 0 Å². The Morgan fingerprint density at radius 3 is 2.04 bits per heavy atom. The molecule has 1 unspecified atom stereocenters. The molecule has 0 fully saturated rings. The Bertz CT molecular complexity index is 715. The van der Waals surface area contributed by atoms with E-state index in [4.69, 9.17) is 10.2 Å². The van der Waals surface area contributed by atoms with Gasteiger partial charge >= 0.3 is 5.97 Å². The maximum absolute atomic E-state index is 11.7. The van der Waals surface area contributed by atoms with Crippen LogP contribution in [0.4, 0.5) is 0 Å². The number of amides is 1. The largest absolute Gasteiger partial charge is 0.393 e. The summed E-state index contributed by atoms with van der Waals surface area (Å²) in [4.78, 5) is 27.3. The molecule has 6 nitrogen and oxygen atoms in total. The molecular weight excluding hydrogens is 346 g/mol. The summed E-state index contributed by atoms with van der Waals surface area (Å²) in [7, 11) is 0. The molecule has 0 radical (unpaired) electrons. The van der Waals surface area contributed by atoms with Gasteiger partial charge in [0.2, 0.25) is 0 Å². The van der Waals surface area contributed by atoms with Crippen molar-refractivity contribution in [1.82, 2.24) is 5.48 Å². The summed E-state index contributed by atoms with van der Waals surface area (Å²) in [6, 6.07) is 18.1. The molecule has 3 N–H and O–H groups in total. The third kappa shape index (κ3) is 7.60. The molecule has 0 aliphatic heterocycles. The normalized spacial score (nSPS) is 11.6. The third-order valence-corrected chi connectivity index (χ3v) is 4.12. The van der Waals surface area contributed by atoms with Crippen molar-refractivity contribution in [3.63, 3.8) is 0 Å². The molecular formula is C21H25NO5. The van der Waals surface area contributed by atoms with E-state index in [-0.39, 0.29) is 6.42 Å². The zero-order chi connectivity index (χ0) is 19.5. The molecule has 1 amide bonds. The number of nitrogens with one attached hydrogen (secondary N) is 1. The minimum atomic E-state index is -1.66. The lowest BCUT2D eigenvalue weighted by Crippen LogP contribution is -2.35. The lowest BCUT2D eigenvalue weighted by atomic mass is 10.0. The maximum atomic E-state index is 11.7. The van der Waals surface area contributed by atoms with Crippen LogP contribution < -0.4 is 5.48 Å². The van der Waals surface area contributed by atoms with Crippen LogP contribution in [-0.4, -0.2) is 34.8 Å². The van der Waals surface area contributed by atoms with Gasteiger partial charge in [-0.15, -0.1) is 0 Å². The second kappa shape index (κ2) is 11.1. The minimum absolute atomic E-state index is 0.0524. The fraction of sp³-hybridized carbons (Fsp3) is 0.333. The quantitative estimate of drug-likeness (QED) is 0.461. The number of carbonyl (C=O) groups is 2. The Balaban J connectivity index is 1.68. The van der Waals surface area contributed by atoms with Crippen molar-refractivity contribution in [2.24, 2.45) is 0 Å². The van der Waals surface area contributed by atoms with Gasteiger partial charge in [-0.05, 0) is 42.4 Å². The zero-order valence-corrected chi connectivity index (χ0v) is 15.1. The summed E-state index contributed by atoms with van der Waals surface area (Å²) in [6.07, 6.45) is 2.67. The van der Waals surface area contributed by atoms with Gasteiger partial charge in [-0.25, -0.2) is 4.79 Å². The van der Waals surface area contributed by atoms with Crippen molar-refractivity contribution < 1.29 is 24.6 Å². The van der Waals surface area contributed by atoms with Gasteiger partial charge in [0.25, 0.3) is 5.91 Å². The lowest BCUT2D eigenvalue weighted by Gasteiger charge is -2.08. The summed E-state index contributed by atoms with van der Waals surface area (Å²) in [5.74, 6) is -1.61. The Labute approximate surface area is 158 Å². The number of benzene rings is 2. The van der Waals surface area contributed by atoms with Crippen LogP contribution in [0.2, 0.25) is 0 Å². The zero-order valence-electron chi connectivity index (χ0n) is 15.1. The summed E-state index contributed by atoms with van der Waals surface area (Å²) in [5, 5.41) is 17.6. The first-order valence-electron chi connectivity index (χ1n) is 8.98. The van der Waals surface area contributed by atoms with E-state index in [1.165, 1.54) is 11.1 Å². The van der Waals surface area contributed by atoms with E-state index < -0.39 is 24.6 Å². The molecule has 0 bridgehead atoms. The number of carbonyl (C=O) groups excluding carboxylic acids is 2. The van der Waals surface area contributed by atoms with Crippen molar-refractivity contribution in [2.75, 3.05) is 6.61 Å². The second-order valence-corrected chi connectivity index (χ2v) is 6.33. The predicted molar refractivity (Wildman–Crippen MR) is 101 cm³/mol. The molecule has 2 rings (SSSR count). The van der Waals surface area contributed by atoms with E-state index in [0.717, 1.165) is 31.2 Å². The minimum Gasteiger partial charge on any atom is -0.393 e. The fourth-order valence-electron chi connectivity index (χ4n) is 2.60. The molecule has 1 atom stereocenters. The number of aliphatic hydroxyl groups is 2. The summed E-state index contributed by atoms with van der Waals surface area (Å²) < 4.78 is 0. The standard InChI is InChI=1S/C21H25NO5/c23-15-19(24)21(26)27-22-20(25)14-18-12-10-17(11-13-18)9-5-4-8-16-6-2-1-3-7-16/h1-3,6-7,10-13,19,23-24H,4-5,8-9,14-15H2,(H,22,25). The maximum Gasteiger partial charge on any atom is 0.362 e. The van der Waals surface area contributed by atoms with E-state index in [1.54, 1.807) is 0 Å². The summed E-state index contributed by atoms with van der Waals surface area (Å²) in [5.41, 5.74) is 5.32. The van der Waals surface area contributed by atoms with Gasteiger partial charge in [0, 0.05) is 0 Å². The average Bonchev–Trinajstić information content (AvgIpc) is 2.70. The molecule has 2 aromatic rings. The molecule has 0 heterocycles. The first-order valence-corrected chi connectivity index (χ1v) is 8.98. The van der Waals surface area contributed by atoms with Crippen molar-refractivity contribution >= 4 is 11.9 Å². The number of hydroxylamine groups is 1. The molecule has 0 saturated heterocycles. The van der Waals surface area contributed by atoms with E-state index in [2.05, 4.69) is 29.1 Å². The summed E-state index contributed by atoms with van der Waals surface area (Å²) in [6.45, 7) is -0.762. The number of rotatable bonds is 9. The smallest absolute Gasteiger partial charge is 0.362 e. The molecule has 2 aromatic carbocycles. The number of aliphatic hydroxyl groups excluding tert-OH is 2. The van der Waals surface area contributed by atoms with Crippen LogP contribution in [0.5, 0.6) is 0 Å². The van der Waals surface area contributed by atoms with Gasteiger partial charge in [-0.2, -0.15) is 5.48 Å². The van der Waals surface area contributed by atoms with Crippen LogP contribution in [0.3, 0.4) is 0 Å². The van der Waals surface area contributed by atoms with Gasteiger partial charge in [-0.1, -0.05) is 54.6 Å². The molecule has 0 aliphatic carbocycles. The molecule has 27 heavy (non-hydrogen) atoms. The first-order chi connectivity index (χ1) is 13.1. The van der Waals surface area contributed by atoms with Crippen molar-refractivity contribution in [1.29, 1.82) is 0 Å². The van der Waals surface area contributed by atoms with Crippen LogP contribution in [-0.2, 0) is 33.7 Å². The Hall–Kier alpha value is -2.70. The third-order valence-electron chi connectivity index (χ3n) is 4.12. The van der Waals surface area contributed by atoms with Crippen LogP contribution in [0.1, 0.15) is 29.5 Å². The molecule has 0 aliphatic rings. The van der Waals surface area contributed by atoms with Gasteiger partial charge in [-0.3, -0.25) is 4.79 Å². The predicted octanol–water partition coefficient (Wildman–Crippen LogP) is 1.72. The molecule has 0 aromatic heterocycles. The highest BCUT2D eigenvalue weighted by molar-refractivity contribution is 5.81. The fourth-order valence-corrected chi connectivity index (χ4v) is 2.60. The Morgan fingerprint density at radius 2 is 1.44 bits per heavy atom. The average molecular weight is 371 g/mol. The Kier molecular flexibility index (Phi) is 8.48. The first kappa shape index (κ1) is 20.6. The lowest BCUT2D eigenvalue weighted by molar-refractivity contribution is -0.167. The number of unbranched alkanes of at least 4 members (excludes halogenated alkanes) is 1. The van der Waals surface area contributed by atoms with Gasteiger partial charge < -0.3 is 15.1 Å². The van der Waals surface area contributed by atoms with Crippen LogP contribution >= 0.6 is 0 Å². The monoisotopic (exact) mass is 371 g/mol. The highest BCUT2D eigenvalue weighted by Crippen LogP contribution is 2.11. The molecule has 144 valence electrons. The number of hydrogen-bond acceptors (Lipinski definition) is 5. The van der Waals surface area contributed by atoms with Crippen LogP contribution in [0.25, 0.3) is 0 Å². The SMILES string of the molecule is O=C(Cc1ccc(CCCCc2ccccc2)cc1)NOC(=O)C(O)CO. The molecule has 6 heteroatoms. The van der Waals surface area contributed by atoms with Crippen molar-refractivity contribution in [3.05, 3.63) is 71.3 Å². The van der Waals surface area contributed by atoms with E-state index in [9.17, 15) is 9.59 Å². The highest BCUT2D eigenvalue weighted by Gasteiger charge is 2.16. The summed E-state index contributed by atoms with van der Waals surface area (Å²) >= 11 is 0. The number of aryl methyl sites for hydroxylation is 2. The molecule has 0 spiro atoms. The topological polar surface area (TPSA) is 95.9 Å². The molecule has 0 saturated carbocycles. The van der Waals surface area contributed by atoms with Crippen molar-refractivity contribution in [2.45, 2.75) is 38.2 Å². The van der Waals surface area contributed by atoms with E-state index in [0.29, 0.717) is 0 Å². The van der Waals surface area contributed by atoms with Crippen LogP contribution in [0.15, 0.2) is 54.6 Å². The van der Waals surface area contributed by atoms with Gasteiger partial charge in [0.05, 0.1) is 13.0 Å². The Morgan fingerprint density at radius 1 is 0.889 bits per heavy atom. The van der Waals surface area contributed by atoms with Crippen molar-refractivity contribution in [3.8, 4) is 0 Å². The highest BCUT2D eigenvalue weighted by atomic mass is 16.7. The van der Waals surface area contributed by atoms with E-state index >= 15 is 0 Å². The second-order valence-electron chi connectivity index (χ2n) is 6.33. The van der Waals surface area contributed by atoms with Crippen LogP contribution in [0, 0.1) is 0 Å². The number of hydrogen-bond donors (Lipinski definition) is 3. The van der Waals surface area contributed by atoms with Gasteiger partial charge in [0.15, 0.2) is 6.10 Å².